The summed E-state index contributed by atoms with van der Waals surface area (Å²) in [5, 5.41) is 6.97. The van der Waals surface area contributed by atoms with E-state index in [0.29, 0.717) is 38.0 Å². The number of nitrogens with zero attached hydrogens (tertiary/aromatic N) is 3. The second kappa shape index (κ2) is 8.96. The summed E-state index contributed by atoms with van der Waals surface area (Å²) in [4.78, 5) is 27.1. The number of aromatic amines is 1. The Hall–Kier alpha value is -2.63. The maximum atomic E-state index is 14.2. The molecule has 0 spiro atoms. The summed E-state index contributed by atoms with van der Waals surface area (Å²) in [5.74, 6) is -3.63. The zero-order valence-corrected chi connectivity index (χ0v) is 18.5. The maximum absolute atomic E-state index is 14.2. The molecule has 1 fully saturated rings. The monoisotopic (exact) mass is 488 g/mol. The first kappa shape index (κ1) is 23.5. The Bertz CT molecular complexity index is 1080. The predicted molar refractivity (Wildman–Crippen MR) is 110 cm³/mol. The van der Waals surface area contributed by atoms with Crippen LogP contribution < -0.4 is 0 Å². The summed E-state index contributed by atoms with van der Waals surface area (Å²) in [7, 11) is 0. The average molecular weight is 488 g/mol. The summed E-state index contributed by atoms with van der Waals surface area (Å²) in [6, 6.07) is 2.03. The number of halogens is 5. The van der Waals surface area contributed by atoms with Crippen molar-refractivity contribution in [3.8, 4) is 0 Å². The van der Waals surface area contributed by atoms with Gasteiger partial charge < -0.3 is 9.80 Å². The third-order valence-corrected chi connectivity index (χ3v) is 6.95. The lowest BCUT2D eigenvalue weighted by Gasteiger charge is -2.33. The van der Waals surface area contributed by atoms with Gasteiger partial charge in [-0.25, -0.2) is 8.78 Å². The molecular weight excluding hydrogens is 467 g/mol. The zero-order chi connectivity index (χ0) is 23.9. The van der Waals surface area contributed by atoms with Crippen molar-refractivity contribution in [1.82, 2.24) is 20.0 Å². The van der Waals surface area contributed by atoms with E-state index >= 15 is 0 Å². The Morgan fingerprint density at radius 3 is 2.45 bits per heavy atom. The molecule has 2 aromatic rings. The van der Waals surface area contributed by atoms with Gasteiger partial charge in [0, 0.05) is 32.1 Å². The minimum Gasteiger partial charge on any atom is -0.337 e. The van der Waals surface area contributed by atoms with Gasteiger partial charge >= 0.3 is 5.51 Å². The highest BCUT2D eigenvalue weighted by Gasteiger charge is 2.36. The van der Waals surface area contributed by atoms with Crippen molar-refractivity contribution >= 4 is 23.6 Å². The number of likely N-dealkylation sites (tertiary alicyclic amines) is 1. The minimum atomic E-state index is -4.75. The van der Waals surface area contributed by atoms with Crippen LogP contribution in [0.4, 0.5) is 22.0 Å². The normalized spacial score (nSPS) is 17.3. The molecule has 1 N–H and O–H groups in total. The van der Waals surface area contributed by atoms with Gasteiger partial charge in [0.1, 0.15) is 0 Å². The number of amides is 2. The smallest absolute Gasteiger partial charge is 0.337 e. The molecule has 0 atom stereocenters. The minimum absolute atomic E-state index is 0.0644. The fourth-order valence-corrected chi connectivity index (χ4v) is 5.17. The molecule has 6 nitrogen and oxygen atoms in total. The molecule has 1 aromatic carbocycles. The molecule has 0 saturated carbocycles. The third-order valence-electron chi connectivity index (χ3n) is 6.10. The van der Waals surface area contributed by atoms with Crippen molar-refractivity contribution in [1.29, 1.82) is 0 Å². The number of H-pyrrole nitrogens is 1. The van der Waals surface area contributed by atoms with Crippen molar-refractivity contribution in [2.24, 2.45) is 0 Å². The molecule has 12 heteroatoms. The number of fused-ring (bicyclic) bond motifs is 1. The summed E-state index contributed by atoms with van der Waals surface area (Å²) >= 11 is -0.653. The molecular formula is C21H21F5N4O2S. The van der Waals surface area contributed by atoms with Crippen LogP contribution in [0.25, 0.3) is 0 Å². The van der Waals surface area contributed by atoms with Gasteiger partial charge in [-0.05, 0) is 48.6 Å². The lowest BCUT2D eigenvalue weighted by molar-refractivity contribution is -0.129. The van der Waals surface area contributed by atoms with Crippen LogP contribution in [-0.4, -0.2) is 57.0 Å². The fraction of sp³-hybridized carbons (Fsp3) is 0.476. The Morgan fingerprint density at radius 1 is 1.12 bits per heavy atom. The molecule has 0 radical (unpaired) electrons. The number of hydrogen-bond acceptors (Lipinski definition) is 4. The number of carbonyl (C=O) groups is 2. The van der Waals surface area contributed by atoms with Crippen molar-refractivity contribution in [3.63, 3.8) is 0 Å². The molecule has 2 amide bonds. The Labute approximate surface area is 190 Å². The lowest BCUT2D eigenvalue weighted by Crippen LogP contribution is -2.39. The molecule has 2 aliphatic heterocycles. The number of hydrogen-bond donors (Lipinski definition) is 1. The van der Waals surface area contributed by atoms with Gasteiger partial charge in [-0.15, -0.1) is 0 Å². The summed E-state index contributed by atoms with van der Waals surface area (Å²) in [5.41, 5.74) is -2.89. The van der Waals surface area contributed by atoms with E-state index in [0.717, 1.165) is 11.6 Å². The first-order valence-electron chi connectivity index (χ1n) is 10.4. The van der Waals surface area contributed by atoms with Gasteiger partial charge in [0.05, 0.1) is 17.1 Å². The number of carbonyl (C=O) groups excluding carboxylic acids is 2. The predicted octanol–water partition coefficient (Wildman–Crippen LogP) is 4.22. The molecule has 178 valence electrons. The van der Waals surface area contributed by atoms with E-state index in [1.807, 2.05) is 0 Å². The average Bonchev–Trinajstić information content (AvgIpc) is 3.19. The highest BCUT2D eigenvalue weighted by atomic mass is 32.2. The van der Waals surface area contributed by atoms with Crippen molar-refractivity contribution < 1.29 is 31.5 Å². The summed E-state index contributed by atoms with van der Waals surface area (Å²) in [6.07, 6.45) is 1.12. The van der Waals surface area contributed by atoms with Crippen LogP contribution in [0.3, 0.4) is 0 Å². The number of aromatic nitrogens is 2. The summed E-state index contributed by atoms with van der Waals surface area (Å²) < 4.78 is 66.5. The Balaban J connectivity index is 1.47. The number of rotatable bonds is 3. The third kappa shape index (κ3) is 4.85. The van der Waals surface area contributed by atoms with E-state index in [2.05, 4.69) is 10.2 Å². The van der Waals surface area contributed by atoms with E-state index in [-0.39, 0.29) is 36.2 Å². The zero-order valence-electron chi connectivity index (χ0n) is 17.6. The standard InChI is InChI=1S/C21H21F5N4O2S/c1-11(31)30-9-6-14-16(10-30)27-28-18(14)20(32)29-7-4-12(5-8-29)13-2-3-15(22)17(23)19(13)33-21(24,25)26/h2-3,12H,4-10H2,1H3,(H,27,28). The Morgan fingerprint density at radius 2 is 1.82 bits per heavy atom. The van der Waals surface area contributed by atoms with E-state index in [1.165, 1.54) is 13.0 Å². The van der Waals surface area contributed by atoms with E-state index in [4.69, 9.17) is 0 Å². The number of piperidine rings is 1. The van der Waals surface area contributed by atoms with Crippen LogP contribution in [0.15, 0.2) is 17.0 Å². The molecule has 4 rings (SSSR count). The first-order chi connectivity index (χ1) is 15.5. The number of alkyl halides is 3. The van der Waals surface area contributed by atoms with Gasteiger partial charge in [0.15, 0.2) is 17.3 Å². The van der Waals surface area contributed by atoms with Gasteiger partial charge in [-0.3, -0.25) is 14.7 Å². The summed E-state index contributed by atoms with van der Waals surface area (Å²) in [6.45, 7) is 2.81. The van der Waals surface area contributed by atoms with E-state index in [9.17, 15) is 31.5 Å². The van der Waals surface area contributed by atoms with Gasteiger partial charge in [0.25, 0.3) is 5.91 Å². The van der Waals surface area contributed by atoms with Crippen molar-refractivity contribution in [2.45, 2.75) is 49.1 Å². The van der Waals surface area contributed by atoms with E-state index in [1.54, 1.807) is 9.80 Å². The molecule has 33 heavy (non-hydrogen) atoms. The Kier molecular flexibility index (Phi) is 6.39. The molecule has 1 aromatic heterocycles. The maximum Gasteiger partial charge on any atom is 0.446 e. The molecule has 2 aliphatic rings. The SMILES string of the molecule is CC(=O)N1CCc2c(C(=O)N3CCC(c4ccc(F)c(F)c4SC(F)(F)F)CC3)n[nH]c2C1. The van der Waals surface area contributed by atoms with E-state index < -0.39 is 39.7 Å². The van der Waals surface area contributed by atoms with Crippen LogP contribution in [0.1, 0.15) is 53.0 Å². The molecule has 0 bridgehead atoms. The first-order valence-corrected chi connectivity index (χ1v) is 11.2. The van der Waals surface area contributed by atoms with Crippen molar-refractivity contribution in [2.75, 3.05) is 19.6 Å². The number of nitrogens with one attached hydrogen (secondary N) is 1. The van der Waals surface area contributed by atoms with Crippen LogP contribution in [-0.2, 0) is 17.8 Å². The van der Waals surface area contributed by atoms with Crippen LogP contribution >= 0.6 is 11.8 Å². The number of thioether (sulfide) groups is 1. The fourth-order valence-electron chi connectivity index (χ4n) is 4.39. The topological polar surface area (TPSA) is 69.3 Å². The van der Waals surface area contributed by atoms with Crippen LogP contribution in [0.2, 0.25) is 0 Å². The number of benzene rings is 1. The molecule has 1 saturated heterocycles. The van der Waals surface area contributed by atoms with Gasteiger partial charge in [0.2, 0.25) is 5.91 Å². The molecule has 0 aliphatic carbocycles. The second-order valence-electron chi connectivity index (χ2n) is 8.11. The largest absolute Gasteiger partial charge is 0.446 e. The molecule has 3 heterocycles. The van der Waals surface area contributed by atoms with Crippen LogP contribution in [0, 0.1) is 11.6 Å². The van der Waals surface area contributed by atoms with Gasteiger partial charge in [-0.2, -0.15) is 18.3 Å². The second-order valence-corrected chi connectivity index (χ2v) is 9.19. The van der Waals surface area contributed by atoms with Crippen LogP contribution in [0.5, 0.6) is 0 Å². The highest BCUT2D eigenvalue weighted by Crippen LogP contribution is 2.44. The molecule has 0 unspecified atom stereocenters. The highest BCUT2D eigenvalue weighted by molar-refractivity contribution is 8.00. The van der Waals surface area contributed by atoms with Crippen molar-refractivity contribution in [3.05, 3.63) is 46.3 Å². The lowest BCUT2D eigenvalue weighted by atomic mass is 9.89. The quantitative estimate of drug-likeness (QED) is 0.519. The van der Waals surface area contributed by atoms with Gasteiger partial charge in [-0.1, -0.05) is 6.07 Å².